The highest BCUT2D eigenvalue weighted by atomic mass is 79.9. The maximum Gasteiger partial charge on any atom is 0.173 e. The minimum absolute atomic E-state index is 0.478. The van der Waals surface area contributed by atoms with Crippen molar-refractivity contribution in [2.45, 2.75) is 20.8 Å². The van der Waals surface area contributed by atoms with E-state index >= 15 is 0 Å². The second kappa shape index (κ2) is 5.06. The minimum atomic E-state index is 0.478. The SMILES string of the molecule is Cc1nc(C)c(-c2nc(Cl)c3ccc(Br)c(C)c3n2)s1. The highest BCUT2D eigenvalue weighted by molar-refractivity contribution is 9.10. The topological polar surface area (TPSA) is 38.7 Å². The minimum Gasteiger partial charge on any atom is -0.246 e. The molecule has 0 aliphatic rings. The number of rotatable bonds is 1. The summed E-state index contributed by atoms with van der Waals surface area (Å²) in [5, 5.41) is 2.35. The molecule has 0 atom stereocenters. The van der Waals surface area contributed by atoms with Crippen molar-refractivity contribution in [3.8, 4) is 10.7 Å². The molecule has 2 aromatic heterocycles. The number of hydrogen-bond donors (Lipinski definition) is 0. The number of hydrogen-bond acceptors (Lipinski definition) is 4. The Bertz CT molecular complexity index is 829. The lowest BCUT2D eigenvalue weighted by Crippen LogP contribution is -1.94. The average molecular weight is 369 g/mol. The molecule has 0 saturated heterocycles. The van der Waals surface area contributed by atoms with Crippen molar-refractivity contribution < 1.29 is 0 Å². The molecule has 6 heteroatoms. The molecule has 3 aromatic rings. The Morgan fingerprint density at radius 3 is 2.50 bits per heavy atom. The summed E-state index contributed by atoms with van der Waals surface area (Å²) in [6.45, 7) is 5.96. The van der Waals surface area contributed by atoms with Crippen LogP contribution in [0.25, 0.3) is 21.6 Å². The normalized spacial score (nSPS) is 11.2. The van der Waals surface area contributed by atoms with Crippen LogP contribution in [0.4, 0.5) is 0 Å². The maximum absolute atomic E-state index is 6.31. The number of fused-ring (bicyclic) bond motifs is 1. The Morgan fingerprint density at radius 2 is 1.85 bits per heavy atom. The van der Waals surface area contributed by atoms with E-state index in [-0.39, 0.29) is 0 Å². The first-order valence-electron chi connectivity index (χ1n) is 6.04. The van der Waals surface area contributed by atoms with Crippen molar-refractivity contribution in [3.05, 3.63) is 38.0 Å². The van der Waals surface area contributed by atoms with Crippen molar-refractivity contribution in [2.75, 3.05) is 0 Å². The van der Waals surface area contributed by atoms with Crippen LogP contribution >= 0.6 is 38.9 Å². The maximum atomic E-state index is 6.31. The molecular formula is C14H11BrClN3S. The molecule has 0 radical (unpaired) electrons. The smallest absolute Gasteiger partial charge is 0.173 e. The summed E-state index contributed by atoms with van der Waals surface area (Å²) >= 11 is 11.4. The molecule has 102 valence electrons. The van der Waals surface area contributed by atoms with Gasteiger partial charge >= 0.3 is 0 Å². The van der Waals surface area contributed by atoms with E-state index in [1.54, 1.807) is 11.3 Å². The molecular weight excluding hydrogens is 358 g/mol. The van der Waals surface area contributed by atoms with E-state index in [9.17, 15) is 0 Å². The van der Waals surface area contributed by atoms with Gasteiger partial charge in [-0.2, -0.15) is 0 Å². The summed E-state index contributed by atoms with van der Waals surface area (Å²) in [7, 11) is 0. The van der Waals surface area contributed by atoms with Crippen molar-refractivity contribution in [1.29, 1.82) is 0 Å². The molecule has 1 aromatic carbocycles. The summed E-state index contributed by atoms with van der Waals surface area (Å²) in [6, 6.07) is 3.90. The van der Waals surface area contributed by atoms with Gasteiger partial charge in [0.2, 0.25) is 0 Å². The van der Waals surface area contributed by atoms with Gasteiger partial charge in [-0.05, 0) is 38.5 Å². The monoisotopic (exact) mass is 367 g/mol. The Morgan fingerprint density at radius 1 is 1.10 bits per heavy atom. The van der Waals surface area contributed by atoms with Gasteiger partial charge in [0.1, 0.15) is 5.15 Å². The van der Waals surface area contributed by atoms with Crippen molar-refractivity contribution in [3.63, 3.8) is 0 Å². The highest BCUT2D eigenvalue weighted by Gasteiger charge is 2.15. The van der Waals surface area contributed by atoms with Crippen LogP contribution in [0, 0.1) is 20.8 Å². The number of halogens is 2. The fourth-order valence-electron chi connectivity index (χ4n) is 2.11. The van der Waals surface area contributed by atoms with E-state index < -0.39 is 0 Å². The lowest BCUT2D eigenvalue weighted by atomic mass is 10.1. The zero-order valence-corrected chi connectivity index (χ0v) is 14.3. The Kier molecular flexibility index (Phi) is 3.52. The van der Waals surface area contributed by atoms with Crippen LogP contribution in [0.15, 0.2) is 16.6 Å². The van der Waals surface area contributed by atoms with E-state index in [1.165, 1.54) is 0 Å². The number of aromatic nitrogens is 3. The summed E-state index contributed by atoms with van der Waals surface area (Å²) in [5.41, 5.74) is 2.88. The van der Waals surface area contributed by atoms with Crippen LogP contribution in [0.1, 0.15) is 16.3 Å². The molecule has 0 aliphatic heterocycles. The Labute approximate surface area is 134 Å². The molecule has 20 heavy (non-hydrogen) atoms. The third-order valence-electron chi connectivity index (χ3n) is 3.12. The van der Waals surface area contributed by atoms with Crippen LogP contribution in [0.5, 0.6) is 0 Å². The predicted molar refractivity (Wildman–Crippen MR) is 87.6 cm³/mol. The first kappa shape index (κ1) is 13.9. The lowest BCUT2D eigenvalue weighted by molar-refractivity contribution is 1.17. The average Bonchev–Trinajstić information content (AvgIpc) is 2.73. The van der Waals surface area contributed by atoms with E-state index in [0.717, 1.165) is 36.5 Å². The van der Waals surface area contributed by atoms with Gasteiger partial charge in [-0.1, -0.05) is 27.5 Å². The van der Waals surface area contributed by atoms with Crippen LogP contribution in [-0.2, 0) is 0 Å². The third-order valence-corrected chi connectivity index (χ3v) is 5.33. The van der Waals surface area contributed by atoms with Crippen LogP contribution in [0.3, 0.4) is 0 Å². The van der Waals surface area contributed by atoms with E-state index in [1.807, 2.05) is 32.9 Å². The molecule has 2 heterocycles. The second-order valence-corrected chi connectivity index (χ2v) is 6.97. The molecule has 0 N–H and O–H groups in total. The summed E-state index contributed by atoms with van der Waals surface area (Å²) in [4.78, 5) is 14.5. The van der Waals surface area contributed by atoms with E-state index in [0.29, 0.717) is 11.0 Å². The second-order valence-electron chi connectivity index (χ2n) is 4.55. The van der Waals surface area contributed by atoms with Gasteiger partial charge in [-0.3, -0.25) is 0 Å². The van der Waals surface area contributed by atoms with Crippen LogP contribution in [0.2, 0.25) is 5.15 Å². The largest absolute Gasteiger partial charge is 0.246 e. The van der Waals surface area contributed by atoms with Gasteiger partial charge in [0.15, 0.2) is 5.82 Å². The molecule has 0 aliphatic carbocycles. The van der Waals surface area contributed by atoms with Gasteiger partial charge in [0.25, 0.3) is 0 Å². The molecule has 0 spiro atoms. The van der Waals surface area contributed by atoms with Crippen molar-refractivity contribution >= 4 is 49.8 Å². The van der Waals surface area contributed by atoms with Crippen LogP contribution < -0.4 is 0 Å². The number of nitrogens with zero attached hydrogens (tertiary/aromatic N) is 3. The van der Waals surface area contributed by atoms with Gasteiger partial charge in [-0.15, -0.1) is 11.3 Å². The van der Waals surface area contributed by atoms with Gasteiger partial charge in [0, 0.05) is 9.86 Å². The zero-order chi connectivity index (χ0) is 14.4. The Balaban J connectivity index is 2.34. The fourth-order valence-corrected chi connectivity index (χ4v) is 3.52. The predicted octanol–water partition coefficient (Wildman–Crippen LogP) is 5.09. The highest BCUT2D eigenvalue weighted by Crippen LogP contribution is 2.33. The molecule has 0 unspecified atom stereocenters. The third kappa shape index (κ3) is 2.24. The zero-order valence-electron chi connectivity index (χ0n) is 11.2. The molecule has 3 rings (SSSR count). The van der Waals surface area contributed by atoms with Crippen molar-refractivity contribution in [2.24, 2.45) is 0 Å². The van der Waals surface area contributed by atoms with Gasteiger partial charge in [-0.25, -0.2) is 15.0 Å². The number of aryl methyl sites for hydroxylation is 3. The van der Waals surface area contributed by atoms with Crippen LogP contribution in [-0.4, -0.2) is 15.0 Å². The number of thiazole rings is 1. The van der Waals surface area contributed by atoms with E-state index in [4.69, 9.17) is 11.6 Å². The van der Waals surface area contributed by atoms with Gasteiger partial charge < -0.3 is 0 Å². The fraction of sp³-hybridized carbons (Fsp3) is 0.214. The van der Waals surface area contributed by atoms with Crippen molar-refractivity contribution in [1.82, 2.24) is 15.0 Å². The van der Waals surface area contributed by atoms with E-state index in [2.05, 4.69) is 30.9 Å². The molecule has 0 fully saturated rings. The van der Waals surface area contributed by atoms with Gasteiger partial charge in [0.05, 0.1) is 21.1 Å². The first-order chi connectivity index (χ1) is 9.47. The molecule has 0 amide bonds. The first-order valence-corrected chi connectivity index (χ1v) is 8.03. The Hall–Kier alpha value is -1.04. The lowest BCUT2D eigenvalue weighted by Gasteiger charge is -2.07. The number of benzene rings is 1. The molecule has 0 bridgehead atoms. The summed E-state index contributed by atoms with van der Waals surface area (Å²) in [6.07, 6.45) is 0. The standard InChI is InChI=1S/C14H11BrClN3S/c1-6-10(15)5-4-9-11(6)18-14(19-13(9)16)12-7(2)17-8(3)20-12/h4-5H,1-3H3. The quantitative estimate of drug-likeness (QED) is 0.561. The summed E-state index contributed by atoms with van der Waals surface area (Å²) < 4.78 is 1.02. The molecule has 0 saturated carbocycles. The molecule has 3 nitrogen and oxygen atoms in total. The summed E-state index contributed by atoms with van der Waals surface area (Å²) in [5.74, 6) is 0.645.